The first kappa shape index (κ1) is 15.1. The third kappa shape index (κ3) is 3.28. The standard InChI is InChI=1S/C12H18FNO3S/c1-3-4-7-14(2)18(16,17)12-8-11(13)6-5-10(12)9-15/h5-6,8,15H,3-4,7,9H2,1-2H3. The van der Waals surface area contributed by atoms with Crippen molar-refractivity contribution >= 4 is 10.0 Å². The van der Waals surface area contributed by atoms with E-state index in [4.69, 9.17) is 5.11 Å². The van der Waals surface area contributed by atoms with Gasteiger partial charge in [0.25, 0.3) is 0 Å². The number of hydrogen-bond donors (Lipinski definition) is 1. The summed E-state index contributed by atoms with van der Waals surface area (Å²) in [7, 11) is -2.29. The van der Waals surface area contributed by atoms with Crippen LogP contribution >= 0.6 is 0 Å². The number of hydrogen-bond acceptors (Lipinski definition) is 3. The van der Waals surface area contributed by atoms with E-state index in [0.717, 1.165) is 25.0 Å². The summed E-state index contributed by atoms with van der Waals surface area (Å²) in [6.45, 7) is 1.90. The number of aliphatic hydroxyl groups is 1. The van der Waals surface area contributed by atoms with Gasteiger partial charge in [0.15, 0.2) is 0 Å². The highest BCUT2D eigenvalue weighted by Gasteiger charge is 2.23. The van der Waals surface area contributed by atoms with Gasteiger partial charge in [-0.2, -0.15) is 0 Å². The van der Waals surface area contributed by atoms with Crippen molar-refractivity contribution in [2.45, 2.75) is 31.3 Å². The van der Waals surface area contributed by atoms with E-state index in [1.165, 1.54) is 17.4 Å². The largest absolute Gasteiger partial charge is 0.392 e. The van der Waals surface area contributed by atoms with Crippen LogP contribution in [0.2, 0.25) is 0 Å². The van der Waals surface area contributed by atoms with Crippen molar-refractivity contribution in [3.05, 3.63) is 29.6 Å². The lowest BCUT2D eigenvalue weighted by Crippen LogP contribution is -2.28. The van der Waals surface area contributed by atoms with Crippen LogP contribution in [0.1, 0.15) is 25.3 Å². The molecular formula is C12H18FNO3S. The maximum Gasteiger partial charge on any atom is 0.243 e. The summed E-state index contributed by atoms with van der Waals surface area (Å²) in [6.07, 6.45) is 1.61. The van der Waals surface area contributed by atoms with Gasteiger partial charge in [0.2, 0.25) is 10.0 Å². The highest BCUT2D eigenvalue weighted by molar-refractivity contribution is 7.89. The number of benzene rings is 1. The molecule has 0 aliphatic rings. The van der Waals surface area contributed by atoms with Crippen molar-refractivity contribution in [3.8, 4) is 0 Å². The molecule has 102 valence electrons. The van der Waals surface area contributed by atoms with Crippen molar-refractivity contribution in [2.24, 2.45) is 0 Å². The number of halogens is 1. The monoisotopic (exact) mass is 275 g/mol. The molecule has 4 nitrogen and oxygen atoms in total. The molecule has 1 rings (SSSR count). The zero-order valence-electron chi connectivity index (χ0n) is 10.6. The molecule has 0 saturated carbocycles. The first-order chi connectivity index (χ1) is 8.43. The Morgan fingerprint density at radius 2 is 2.06 bits per heavy atom. The molecule has 0 atom stereocenters. The molecule has 0 aromatic heterocycles. The van der Waals surface area contributed by atoms with Crippen LogP contribution in [0.3, 0.4) is 0 Å². The van der Waals surface area contributed by atoms with Crippen LogP contribution in [0.25, 0.3) is 0 Å². The first-order valence-corrected chi connectivity index (χ1v) is 7.23. The van der Waals surface area contributed by atoms with E-state index < -0.39 is 22.4 Å². The normalized spacial score (nSPS) is 12.1. The Hall–Kier alpha value is -0.980. The Kier molecular flexibility index (Phi) is 5.25. The number of rotatable bonds is 6. The van der Waals surface area contributed by atoms with Gasteiger partial charge in [0, 0.05) is 13.6 Å². The van der Waals surface area contributed by atoms with Crippen molar-refractivity contribution in [2.75, 3.05) is 13.6 Å². The van der Waals surface area contributed by atoms with Crippen LogP contribution in [-0.4, -0.2) is 31.4 Å². The average Bonchev–Trinajstić information content (AvgIpc) is 2.35. The van der Waals surface area contributed by atoms with E-state index in [1.807, 2.05) is 6.92 Å². The molecule has 1 aromatic carbocycles. The lowest BCUT2D eigenvalue weighted by Gasteiger charge is -2.18. The Labute approximate surface area is 107 Å². The third-order valence-corrected chi connectivity index (χ3v) is 4.65. The van der Waals surface area contributed by atoms with E-state index in [9.17, 15) is 12.8 Å². The van der Waals surface area contributed by atoms with E-state index in [0.29, 0.717) is 6.54 Å². The second-order valence-corrected chi connectivity index (χ2v) is 6.10. The molecule has 0 aliphatic carbocycles. The number of nitrogens with zero attached hydrogens (tertiary/aromatic N) is 1. The van der Waals surface area contributed by atoms with Crippen LogP contribution in [0.15, 0.2) is 23.1 Å². The van der Waals surface area contributed by atoms with Gasteiger partial charge in [0.05, 0.1) is 11.5 Å². The highest BCUT2D eigenvalue weighted by atomic mass is 32.2. The molecule has 0 amide bonds. The molecule has 0 unspecified atom stereocenters. The quantitative estimate of drug-likeness (QED) is 0.860. The summed E-state index contributed by atoms with van der Waals surface area (Å²) < 4.78 is 38.8. The molecule has 1 N–H and O–H groups in total. The zero-order valence-corrected chi connectivity index (χ0v) is 11.4. The summed E-state index contributed by atoms with van der Waals surface area (Å²) in [4.78, 5) is -0.163. The zero-order chi connectivity index (χ0) is 13.8. The van der Waals surface area contributed by atoms with Crippen LogP contribution in [0, 0.1) is 5.82 Å². The topological polar surface area (TPSA) is 57.6 Å². The fourth-order valence-electron chi connectivity index (χ4n) is 1.57. The van der Waals surface area contributed by atoms with Crippen molar-refractivity contribution in [1.82, 2.24) is 4.31 Å². The fourth-order valence-corrected chi connectivity index (χ4v) is 3.00. The van der Waals surface area contributed by atoms with Crippen LogP contribution in [0.4, 0.5) is 4.39 Å². The summed E-state index contributed by atoms with van der Waals surface area (Å²) >= 11 is 0. The van der Waals surface area contributed by atoms with Crippen molar-refractivity contribution < 1.29 is 17.9 Å². The van der Waals surface area contributed by atoms with Gasteiger partial charge in [-0.05, 0) is 24.1 Å². The van der Waals surface area contributed by atoms with Gasteiger partial charge < -0.3 is 5.11 Å². The van der Waals surface area contributed by atoms with Gasteiger partial charge in [0.1, 0.15) is 5.82 Å². The van der Waals surface area contributed by atoms with E-state index in [2.05, 4.69) is 0 Å². The smallest absolute Gasteiger partial charge is 0.243 e. The maximum absolute atomic E-state index is 13.2. The van der Waals surface area contributed by atoms with E-state index in [-0.39, 0.29) is 10.5 Å². The number of unbranched alkanes of at least 4 members (excludes halogenated alkanes) is 1. The molecule has 0 spiro atoms. The second kappa shape index (κ2) is 6.26. The molecule has 0 aliphatic heterocycles. The average molecular weight is 275 g/mol. The Morgan fingerprint density at radius 1 is 1.39 bits per heavy atom. The molecule has 18 heavy (non-hydrogen) atoms. The second-order valence-electron chi connectivity index (χ2n) is 4.09. The molecule has 0 fully saturated rings. The molecule has 6 heteroatoms. The van der Waals surface area contributed by atoms with Gasteiger partial charge in [-0.25, -0.2) is 17.1 Å². The van der Waals surface area contributed by atoms with Crippen LogP contribution in [-0.2, 0) is 16.6 Å². The Bertz CT molecular complexity index is 502. The van der Waals surface area contributed by atoms with E-state index >= 15 is 0 Å². The summed E-state index contributed by atoms with van der Waals surface area (Å²) in [5.74, 6) is -0.630. The first-order valence-electron chi connectivity index (χ1n) is 5.79. The number of sulfonamides is 1. The minimum absolute atomic E-state index is 0.163. The summed E-state index contributed by atoms with van der Waals surface area (Å²) in [5.41, 5.74) is 0.208. The van der Waals surface area contributed by atoms with Gasteiger partial charge in [-0.1, -0.05) is 19.4 Å². The molecule has 0 heterocycles. The van der Waals surface area contributed by atoms with Gasteiger partial charge in [-0.15, -0.1) is 0 Å². The summed E-state index contributed by atoms with van der Waals surface area (Å²) in [5, 5.41) is 9.13. The Balaban J connectivity index is 3.14. The predicted molar refractivity (Wildman–Crippen MR) is 67.0 cm³/mol. The molecule has 0 bridgehead atoms. The summed E-state index contributed by atoms with van der Waals surface area (Å²) in [6, 6.07) is 3.37. The minimum atomic E-state index is -3.74. The van der Waals surface area contributed by atoms with Gasteiger partial charge >= 0.3 is 0 Å². The van der Waals surface area contributed by atoms with E-state index in [1.54, 1.807) is 0 Å². The third-order valence-electron chi connectivity index (χ3n) is 2.71. The van der Waals surface area contributed by atoms with Crippen LogP contribution < -0.4 is 0 Å². The lowest BCUT2D eigenvalue weighted by atomic mass is 10.2. The minimum Gasteiger partial charge on any atom is -0.392 e. The fraction of sp³-hybridized carbons (Fsp3) is 0.500. The van der Waals surface area contributed by atoms with Crippen molar-refractivity contribution in [3.63, 3.8) is 0 Å². The highest BCUT2D eigenvalue weighted by Crippen LogP contribution is 2.21. The predicted octanol–water partition coefficient (Wildman–Crippen LogP) is 1.74. The number of aliphatic hydroxyl groups excluding tert-OH is 1. The molecule has 1 aromatic rings. The maximum atomic E-state index is 13.2. The van der Waals surface area contributed by atoms with Gasteiger partial charge in [-0.3, -0.25) is 0 Å². The lowest BCUT2D eigenvalue weighted by molar-refractivity contribution is 0.278. The molecular weight excluding hydrogens is 257 g/mol. The Morgan fingerprint density at radius 3 is 2.61 bits per heavy atom. The van der Waals surface area contributed by atoms with Crippen molar-refractivity contribution in [1.29, 1.82) is 0 Å². The van der Waals surface area contributed by atoms with Crippen LogP contribution in [0.5, 0.6) is 0 Å². The SMILES string of the molecule is CCCCN(C)S(=O)(=O)c1cc(F)ccc1CO. The molecule has 0 radical (unpaired) electrons. The molecule has 0 saturated heterocycles.